The third kappa shape index (κ3) is 2.44. The minimum atomic E-state index is -1.03. The maximum Gasteiger partial charge on any atom is 0.342 e. The Hall–Kier alpha value is -2.15. The molecule has 7 heteroatoms. The van der Waals surface area contributed by atoms with Gasteiger partial charge in [-0.2, -0.15) is 0 Å². The van der Waals surface area contributed by atoms with Gasteiger partial charge in [0.05, 0.1) is 12.7 Å². The minimum Gasteiger partial charge on any atom is -0.465 e. The lowest BCUT2D eigenvalue weighted by molar-refractivity contribution is 0.0598. The van der Waals surface area contributed by atoms with Gasteiger partial charge in [-0.3, -0.25) is 0 Å². The molecule has 104 valence electrons. The van der Waals surface area contributed by atoms with Gasteiger partial charge in [-0.25, -0.2) is 18.6 Å². The first-order valence-corrected chi connectivity index (χ1v) is 6.00. The fourth-order valence-electron chi connectivity index (χ4n) is 1.74. The van der Waals surface area contributed by atoms with Crippen molar-refractivity contribution in [3.63, 3.8) is 0 Å². The molecule has 0 atom stereocenters. The van der Waals surface area contributed by atoms with E-state index in [0.717, 1.165) is 6.07 Å². The zero-order valence-corrected chi connectivity index (χ0v) is 11.5. The summed E-state index contributed by atoms with van der Waals surface area (Å²) in [5.74, 6) is -2.60. The first kappa shape index (κ1) is 14.3. The molecule has 1 N–H and O–H groups in total. The maximum atomic E-state index is 13.7. The number of hydrogen-bond donors (Lipinski definition) is 1. The second-order valence-corrected chi connectivity index (χ2v) is 4.37. The summed E-state index contributed by atoms with van der Waals surface area (Å²) < 4.78 is 31.5. The third-order valence-electron chi connectivity index (χ3n) is 2.70. The van der Waals surface area contributed by atoms with Crippen molar-refractivity contribution in [1.82, 2.24) is 9.97 Å². The second-order valence-electron chi connectivity index (χ2n) is 3.98. The number of aryl methyl sites for hydroxylation is 1. The number of esters is 1. The fraction of sp³-hybridized carbons (Fsp3) is 0.154. The molecule has 2 aromatic rings. The van der Waals surface area contributed by atoms with Crippen LogP contribution in [0.5, 0.6) is 0 Å². The van der Waals surface area contributed by atoms with Crippen LogP contribution in [0, 0.1) is 23.2 Å². The molecule has 0 spiro atoms. The van der Waals surface area contributed by atoms with Crippen molar-refractivity contribution in [2.45, 2.75) is 6.92 Å². The lowest BCUT2D eigenvalue weighted by Gasteiger charge is -2.08. The molecule has 0 saturated carbocycles. The Labute approximate surface area is 118 Å². The molecule has 0 aliphatic rings. The van der Waals surface area contributed by atoms with Crippen LogP contribution in [0.4, 0.5) is 8.78 Å². The van der Waals surface area contributed by atoms with Gasteiger partial charge in [-0.1, -0.05) is 18.3 Å². The van der Waals surface area contributed by atoms with E-state index in [0.29, 0.717) is 5.69 Å². The molecule has 0 bridgehead atoms. The van der Waals surface area contributed by atoms with E-state index >= 15 is 0 Å². The number of aromatic nitrogens is 2. The Bertz CT molecular complexity index is 744. The molecule has 0 radical (unpaired) electrons. The van der Waals surface area contributed by atoms with Gasteiger partial charge >= 0.3 is 5.97 Å². The Morgan fingerprint density at radius 3 is 2.70 bits per heavy atom. The largest absolute Gasteiger partial charge is 0.465 e. The molecule has 1 aromatic carbocycles. The van der Waals surface area contributed by atoms with Gasteiger partial charge in [-0.05, 0) is 19.1 Å². The van der Waals surface area contributed by atoms with E-state index in [1.807, 2.05) is 0 Å². The van der Waals surface area contributed by atoms with E-state index in [1.165, 1.54) is 19.2 Å². The average Bonchev–Trinajstić information content (AvgIpc) is 2.40. The van der Waals surface area contributed by atoms with E-state index in [1.54, 1.807) is 6.92 Å². The molecule has 1 aromatic heterocycles. The number of ether oxygens (including phenoxy) is 1. The highest BCUT2D eigenvalue weighted by Gasteiger charge is 2.17. The van der Waals surface area contributed by atoms with Crippen LogP contribution < -0.4 is 0 Å². The molecule has 0 amide bonds. The molecule has 0 aliphatic carbocycles. The van der Waals surface area contributed by atoms with Crippen molar-refractivity contribution in [3.8, 4) is 11.4 Å². The summed E-state index contributed by atoms with van der Waals surface area (Å²) in [6.07, 6.45) is 0. The van der Waals surface area contributed by atoms with Crippen LogP contribution in [0.1, 0.15) is 16.1 Å². The number of halogens is 2. The number of aromatic amines is 1. The number of hydrogen-bond acceptors (Lipinski definition) is 4. The lowest BCUT2D eigenvalue weighted by Crippen LogP contribution is -2.09. The number of rotatable bonds is 2. The summed E-state index contributed by atoms with van der Waals surface area (Å²) in [6, 6.07) is 3.72. The first-order valence-electron chi connectivity index (χ1n) is 5.59. The molecule has 20 heavy (non-hydrogen) atoms. The van der Waals surface area contributed by atoms with Gasteiger partial charge in [0.2, 0.25) is 0 Å². The summed E-state index contributed by atoms with van der Waals surface area (Å²) in [5.41, 5.74) is 0.411. The molecule has 0 aliphatic heterocycles. The molecule has 2 rings (SSSR count). The van der Waals surface area contributed by atoms with E-state index in [9.17, 15) is 13.6 Å². The molecule has 0 unspecified atom stereocenters. The average molecular weight is 296 g/mol. The second kappa shape index (κ2) is 5.46. The maximum absolute atomic E-state index is 13.7. The van der Waals surface area contributed by atoms with Gasteiger partial charge in [-0.15, -0.1) is 0 Å². The summed E-state index contributed by atoms with van der Waals surface area (Å²) in [4.78, 5) is 18.2. The summed E-state index contributed by atoms with van der Waals surface area (Å²) in [7, 11) is 1.22. The van der Waals surface area contributed by atoms with Crippen molar-refractivity contribution in [2.24, 2.45) is 0 Å². The van der Waals surface area contributed by atoms with Crippen molar-refractivity contribution in [2.75, 3.05) is 7.11 Å². The van der Waals surface area contributed by atoms with Crippen molar-refractivity contribution in [3.05, 3.63) is 45.7 Å². The van der Waals surface area contributed by atoms with Crippen LogP contribution in [-0.4, -0.2) is 23.0 Å². The number of nitrogens with one attached hydrogen (secondary N) is 1. The predicted molar refractivity (Wildman–Crippen MR) is 70.9 cm³/mol. The third-order valence-corrected chi connectivity index (χ3v) is 3.00. The van der Waals surface area contributed by atoms with Crippen molar-refractivity contribution >= 4 is 18.2 Å². The molecule has 1 heterocycles. The smallest absolute Gasteiger partial charge is 0.342 e. The first-order chi connectivity index (χ1) is 9.45. The highest BCUT2D eigenvalue weighted by Crippen LogP contribution is 2.22. The van der Waals surface area contributed by atoms with Gasteiger partial charge in [0, 0.05) is 5.69 Å². The van der Waals surface area contributed by atoms with Gasteiger partial charge in [0.25, 0.3) is 0 Å². The molecule has 0 saturated heterocycles. The standard InChI is InChI=1S/C13H10F2N2O2S/c1-6-9(13(18)19-2)12(20)17-11(16-6)7-4-3-5-8(14)10(7)15/h3-5H,1-2H3,(H,16,17,20). The molecule has 4 nitrogen and oxygen atoms in total. The fourth-order valence-corrected chi connectivity index (χ4v) is 2.07. The van der Waals surface area contributed by atoms with E-state index in [-0.39, 0.29) is 21.6 Å². The Kier molecular flexibility index (Phi) is 3.89. The van der Waals surface area contributed by atoms with Gasteiger partial charge in [0.1, 0.15) is 16.0 Å². The highest BCUT2D eigenvalue weighted by molar-refractivity contribution is 7.71. The normalized spacial score (nSPS) is 10.4. The molecular weight excluding hydrogens is 286 g/mol. The van der Waals surface area contributed by atoms with Crippen LogP contribution >= 0.6 is 12.2 Å². The molecule has 0 fully saturated rings. The van der Waals surface area contributed by atoms with Gasteiger partial charge < -0.3 is 9.72 Å². The Morgan fingerprint density at radius 2 is 2.10 bits per heavy atom. The van der Waals surface area contributed by atoms with Crippen LogP contribution in [-0.2, 0) is 4.74 Å². The SMILES string of the molecule is COC(=O)c1c(C)[nH]c(-c2cccc(F)c2F)nc1=S. The lowest BCUT2D eigenvalue weighted by atomic mass is 10.1. The monoisotopic (exact) mass is 296 g/mol. The van der Waals surface area contributed by atoms with Crippen LogP contribution in [0.2, 0.25) is 0 Å². The summed E-state index contributed by atoms with van der Waals surface area (Å²) in [6.45, 7) is 1.57. The number of H-pyrrole nitrogens is 1. The number of benzene rings is 1. The van der Waals surface area contributed by atoms with Crippen molar-refractivity contribution < 1.29 is 18.3 Å². The quantitative estimate of drug-likeness (QED) is 0.683. The zero-order chi connectivity index (χ0) is 14.9. The number of carbonyl (C=O) groups excluding carboxylic acids is 1. The zero-order valence-electron chi connectivity index (χ0n) is 10.7. The molecular formula is C13H10F2N2O2S. The van der Waals surface area contributed by atoms with E-state index in [4.69, 9.17) is 12.2 Å². The van der Waals surface area contributed by atoms with E-state index < -0.39 is 17.6 Å². The number of carbonyl (C=O) groups is 1. The van der Waals surface area contributed by atoms with E-state index in [2.05, 4.69) is 14.7 Å². The number of methoxy groups -OCH3 is 1. The minimum absolute atomic E-state index is 0.0354. The van der Waals surface area contributed by atoms with Crippen LogP contribution in [0.15, 0.2) is 18.2 Å². The summed E-state index contributed by atoms with van der Waals surface area (Å²) >= 11 is 5.00. The van der Waals surface area contributed by atoms with Gasteiger partial charge in [0.15, 0.2) is 11.6 Å². The predicted octanol–water partition coefficient (Wildman–Crippen LogP) is 3.18. The number of nitrogens with zero attached hydrogens (tertiary/aromatic N) is 1. The Morgan fingerprint density at radius 1 is 1.40 bits per heavy atom. The summed E-state index contributed by atoms with van der Waals surface area (Å²) in [5, 5.41) is 0. The van der Waals surface area contributed by atoms with Crippen LogP contribution in [0.25, 0.3) is 11.4 Å². The Balaban J connectivity index is 2.64. The van der Waals surface area contributed by atoms with Crippen molar-refractivity contribution in [1.29, 1.82) is 0 Å². The van der Waals surface area contributed by atoms with Crippen LogP contribution in [0.3, 0.4) is 0 Å². The highest BCUT2D eigenvalue weighted by atomic mass is 32.1. The topological polar surface area (TPSA) is 55.0 Å².